The third kappa shape index (κ3) is 2.46. The maximum atomic E-state index is 6.32. The molecule has 0 saturated heterocycles. The first-order chi connectivity index (χ1) is 7.70. The summed E-state index contributed by atoms with van der Waals surface area (Å²) in [6, 6.07) is 0.135. The number of imidazole rings is 1. The van der Waals surface area contributed by atoms with Gasteiger partial charge in [-0.05, 0) is 24.7 Å². The van der Waals surface area contributed by atoms with E-state index in [1.807, 2.05) is 17.9 Å². The highest BCUT2D eigenvalue weighted by Gasteiger charge is 2.27. The zero-order valence-corrected chi connectivity index (χ0v) is 10.4. The van der Waals surface area contributed by atoms with Gasteiger partial charge in [0, 0.05) is 13.2 Å². The van der Waals surface area contributed by atoms with Crippen LogP contribution >= 0.6 is 0 Å². The Morgan fingerprint density at radius 1 is 1.56 bits per heavy atom. The van der Waals surface area contributed by atoms with Gasteiger partial charge in [-0.2, -0.15) is 0 Å². The van der Waals surface area contributed by atoms with E-state index in [1.54, 1.807) is 0 Å². The van der Waals surface area contributed by atoms with Gasteiger partial charge in [-0.15, -0.1) is 0 Å². The van der Waals surface area contributed by atoms with E-state index in [0.717, 1.165) is 11.6 Å². The number of rotatable bonds is 3. The van der Waals surface area contributed by atoms with E-state index in [4.69, 9.17) is 5.73 Å². The Morgan fingerprint density at radius 2 is 2.38 bits per heavy atom. The Bertz CT molecular complexity index is 332. The van der Waals surface area contributed by atoms with Gasteiger partial charge in [-0.3, -0.25) is 0 Å². The maximum Gasteiger partial charge on any atom is 0.0947 e. The SMILES string of the molecule is CCC1CCCC(C(N)c2cn(C)cn2)C1. The first-order valence-corrected chi connectivity index (χ1v) is 6.44. The van der Waals surface area contributed by atoms with Crippen LogP contribution in [0.5, 0.6) is 0 Å². The van der Waals surface area contributed by atoms with E-state index in [1.165, 1.54) is 32.1 Å². The van der Waals surface area contributed by atoms with Crippen LogP contribution in [0.2, 0.25) is 0 Å². The van der Waals surface area contributed by atoms with Gasteiger partial charge in [0.2, 0.25) is 0 Å². The van der Waals surface area contributed by atoms with E-state index in [2.05, 4.69) is 18.1 Å². The summed E-state index contributed by atoms with van der Waals surface area (Å²) in [5, 5.41) is 0. The predicted molar refractivity (Wildman–Crippen MR) is 65.9 cm³/mol. The third-order valence-electron chi connectivity index (χ3n) is 3.97. The van der Waals surface area contributed by atoms with Crippen molar-refractivity contribution < 1.29 is 0 Å². The molecule has 1 aliphatic rings. The molecule has 3 heteroatoms. The van der Waals surface area contributed by atoms with Gasteiger partial charge < -0.3 is 10.3 Å². The summed E-state index contributed by atoms with van der Waals surface area (Å²) in [4.78, 5) is 4.38. The van der Waals surface area contributed by atoms with Gasteiger partial charge in [0.05, 0.1) is 18.1 Å². The molecule has 3 unspecified atom stereocenters. The summed E-state index contributed by atoms with van der Waals surface area (Å²) in [5.41, 5.74) is 7.38. The minimum Gasteiger partial charge on any atom is -0.340 e. The van der Waals surface area contributed by atoms with Crippen molar-refractivity contribution in [2.24, 2.45) is 24.6 Å². The first-order valence-electron chi connectivity index (χ1n) is 6.44. The Morgan fingerprint density at radius 3 is 3.00 bits per heavy atom. The number of aryl methyl sites for hydroxylation is 1. The second-order valence-corrected chi connectivity index (χ2v) is 5.19. The van der Waals surface area contributed by atoms with Crippen molar-refractivity contribution in [2.45, 2.75) is 45.1 Å². The Labute approximate surface area is 98.1 Å². The molecule has 1 aromatic heterocycles. The van der Waals surface area contributed by atoms with Crippen LogP contribution in [0.4, 0.5) is 0 Å². The molecule has 2 N–H and O–H groups in total. The molecule has 2 rings (SSSR count). The van der Waals surface area contributed by atoms with Gasteiger partial charge in [0.25, 0.3) is 0 Å². The normalized spacial score (nSPS) is 27.9. The summed E-state index contributed by atoms with van der Waals surface area (Å²) in [6.07, 6.45) is 10.5. The third-order valence-corrected chi connectivity index (χ3v) is 3.97. The van der Waals surface area contributed by atoms with Crippen LogP contribution in [-0.4, -0.2) is 9.55 Å². The summed E-state index contributed by atoms with van der Waals surface area (Å²) >= 11 is 0. The highest BCUT2D eigenvalue weighted by atomic mass is 15.0. The summed E-state index contributed by atoms with van der Waals surface area (Å²) in [5.74, 6) is 1.52. The number of nitrogens with zero attached hydrogens (tertiary/aromatic N) is 2. The van der Waals surface area contributed by atoms with Gasteiger partial charge in [-0.25, -0.2) is 4.98 Å². The zero-order valence-electron chi connectivity index (χ0n) is 10.4. The molecule has 1 heterocycles. The van der Waals surface area contributed by atoms with E-state index in [9.17, 15) is 0 Å². The van der Waals surface area contributed by atoms with Gasteiger partial charge >= 0.3 is 0 Å². The van der Waals surface area contributed by atoms with Crippen LogP contribution in [-0.2, 0) is 7.05 Å². The van der Waals surface area contributed by atoms with Crippen LogP contribution in [0.15, 0.2) is 12.5 Å². The topological polar surface area (TPSA) is 43.8 Å². The molecular weight excluding hydrogens is 198 g/mol. The smallest absolute Gasteiger partial charge is 0.0947 e. The molecular formula is C13H23N3. The maximum absolute atomic E-state index is 6.32. The quantitative estimate of drug-likeness (QED) is 0.852. The molecule has 0 aliphatic heterocycles. The summed E-state index contributed by atoms with van der Waals surface area (Å²) in [7, 11) is 2.00. The van der Waals surface area contributed by atoms with Crippen LogP contribution in [0.1, 0.15) is 50.8 Å². The van der Waals surface area contributed by atoms with E-state index in [-0.39, 0.29) is 6.04 Å². The van der Waals surface area contributed by atoms with Crippen LogP contribution in [0, 0.1) is 11.8 Å². The molecule has 0 radical (unpaired) electrons. The molecule has 0 amide bonds. The largest absolute Gasteiger partial charge is 0.340 e. The zero-order chi connectivity index (χ0) is 11.5. The lowest BCUT2D eigenvalue weighted by atomic mass is 9.76. The van der Waals surface area contributed by atoms with Gasteiger partial charge in [0.1, 0.15) is 0 Å². The van der Waals surface area contributed by atoms with E-state index >= 15 is 0 Å². The molecule has 16 heavy (non-hydrogen) atoms. The standard InChI is InChI=1S/C13H23N3/c1-3-10-5-4-6-11(7-10)13(14)12-8-16(2)9-15-12/h8-11,13H,3-7,14H2,1-2H3. The van der Waals surface area contributed by atoms with Gasteiger partial charge in [-0.1, -0.05) is 26.2 Å². The number of nitrogens with two attached hydrogens (primary N) is 1. The number of hydrogen-bond acceptors (Lipinski definition) is 2. The molecule has 1 fully saturated rings. The molecule has 3 atom stereocenters. The average molecular weight is 221 g/mol. The van der Waals surface area contributed by atoms with E-state index < -0.39 is 0 Å². The Kier molecular flexibility index (Phi) is 3.64. The molecule has 0 bridgehead atoms. The highest BCUT2D eigenvalue weighted by Crippen LogP contribution is 2.36. The lowest BCUT2D eigenvalue weighted by Gasteiger charge is -2.31. The molecule has 1 saturated carbocycles. The molecule has 1 aliphatic carbocycles. The monoisotopic (exact) mass is 221 g/mol. The fourth-order valence-electron chi connectivity index (χ4n) is 2.88. The van der Waals surface area contributed by atoms with Crippen molar-refractivity contribution in [3.8, 4) is 0 Å². The van der Waals surface area contributed by atoms with Crippen LogP contribution in [0.3, 0.4) is 0 Å². The van der Waals surface area contributed by atoms with Crippen LogP contribution in [0.25, 0.3) is 0 Å². The van der Waals surface area contributed by atoms with Crippen molar-refractivity contribution in [3.05, 3.63) is 18.2 Å². The van der Waals surface area contributed by atoms with Gasteiger partial charge in [0.15, 0.2) is 0 Å². The van der Waals surface area contributed by atoms with Crippen molar-refractivity contribution in [2.75, 3.05) is 0 Å². The minimum absolute atomic E-state index is 0.135. The fraction of sp³-hybridized carbons (Fsp3) is 0.769. The molecule has 0 spiro atoms. The number of hydrogen-bond donors (Lipinski definition) is 1. The molecule has 1 aromatic rings. The Balaban J connectivity index is 2.01. The van der Waals surface area contributed by atoms with Crippen molar-refractivity contribution in [1.29, 1.82) is 0 Å². The number of aromatic nitrogens is 2. The highest BCUT2D eigenvalue weighted by molar-refractivity contribution is 5.05. The summed E-state index contributed by atoms with van der Waals surface area (Å²) in [6.45, 7) is 2.29. The van der Waals surface area contributed by atoms with E-state index in [0.29, 0.717) is 5.92 Å². The molecule has 0 aromatic carbocycles. The lowest BCUT2D eigenvalue weighted by Crippen LogP contribution is -2.27. The fourth-order valence-corrected chi connectivity index (χ4v) is 2.88. The first kappa shape index (κ1) is 11.6. The lowest BCUT2D eigenvalue weighted by molar-refractivity contribution is 0.228. The second kappa shape index (κ2) is 5.00. The summed E-state index contributed by atoms with van der Waals surface area (Å²) < 4.78 is 1.98. The van der Waals surface area contributed by atoms with Crippen molar-refractivity contribution >= 4 is 0 Å². The van der Waals surface area contributed by atoms with Crippen molar-refractivity contribution in [3.63, 3.8) is 0 Å². The molecule has 90 valence electrons. The average Bonchev–Trinajstić information content (AvgIpc) is 2.75. The van der Waals surface area contributed by atoms with Crippen molar-refractivity contribution in [1.82, 2.24) is 9.55 Å². The second-order valence-electron chi connectivity index (χ2n) is 5.19. The Hall–Kier alpha value is -0.830. The predicted octanol–water partition coefficient (Wildman–Crippen LogP) is 2.64. The molecule has 3 nitrogen and oxygen atoms in total. The van der Waals surface area contributed by atoms with Crippen LogP contribution < -0.4 is 5.73 Å². The minimum atomic E-state index is 0.135.